The molecule has 1 aliphatic rings. The van der Waals surface area contributed by atoms with Gasteiger partial charge in [0.1, 0.15) is 17.9 Å². The minimum absolute atomic E-state index is 0.0262. The molecule has 4 rings (SSSR count). The van der Waals surface area contributed by atoms with Gasteiger partial charge < -0.3 is 18.6 Å². The van der Waals surface area contributed by atoms with E-state index in [0.717, 1.165) is 4.90 Å². The molecule has 0 unspecified atom stereocenters. The quantitative estimate of drug-likeness (QED) is 0.431. The van der Waals surface area contributed by atoms with Gasteiger partial charge in [-0.05, 0) is 33.8 Å². The summed E-state index contributed by atoms with van der Waals surface area (Å²) in [7, 11) is 1.76. The Morgan fingerprint density at radius 2 is 1.94 bits per heavy atom. The van der Waals surface area contributed by atoms with Crippen LogP contribution in [-0.4, -0.2) is 52.6 Å². The number of esters is 2. The average molecular weight is 456 g/mol. The standard InChI is InChI=1S/C22H24N4O7/c1-6-30-20(28)17-16-13-8-12(9-23-19(13)32-17)14-10-25(5)24-18(14)22(3,4)33-15(27)11-26(16)21(29)31-7-2/h8-10H,6-7,11H2,1-5H3. The monoisotopic (exact) mass is 456 g/mol. The molecule has 11 heteroatoms. The number of amides is 1. The first-order valence-electron chi connectivity index (χ1n) is 10.5. The number of aryl methyl sites for hydroxylation is 1. The van der Waals surface area contributed by atoms with Gasteiger partial charge in [0.15, 0.2) is 5.60 Å². The van der Waals surface area contributed by atoms with Gasteiger partial charge in [0, 0.05) is 30.6 Å². The second-order valence-corrected chi connectivity index (χ2v) is 7.91. The summed E-state index contributed by atoms with van der Waals surface area (Å²) in [6.45, 7) is 6.31. The Bertz CT molecular complexity index is 1260. The predicted molar refractivity (Wildman–Crippen MR) is 116 cm³/mol. The molecule has 0 atom stereocenters. The van der Waals surface area contributed by atoms with E-state index in [1.54, 1.807) is 57.9 Å². The van der Waals surface area contributed by atoms with Gasteiger partial charge in [0.25, 0.3) is 0 Å². The van der Waals surface area contributed by atoms with E-state index in [1.165, 1.54) is 0 Å². The summed E-state index contributed by atoms with van der Waals surface area (Å²) < 4.78 is 23.3. The zero-order valence-corrected chi connectivity index (χ0v) is 19.0. The van der Waals surface area contributed by atoms with Crippen molar-refractivity contribution in [1.29, 1.82) is 0 Å². The molecule has 2 bridgehead atoms. The molecule has 33 heavy (non-hydrogen) atoms. The fourth-order valence-electron chi connectivity index (χ4n) is 3.80. The molecule has 3 aromatic rings. The maximum Gasteiger partial charge on any atom is 0.414 e. The van der Waals surface area contributed by atoms with Crippen LogP contribution in [0.5, 0.6) is 0 Å². The van der Waals surface area contributed by atoms with Crippen molar-refractivity contribution in [3.05, 3.63) is 29.9 Å². The lowest BCUT2D eigenvalue weighted by molar-refractivity contribution is -0.156. The van der Waals surface area contributed by atoms with Gasteiger partial charge >= 0.3 is 18.0 Å². The van der Waals surface area contributed by atoms with Crippen LogP contribution in [0.3, 0.4) is 0 Å². The fraction of sp³-hybridized carbons (Fsp3) is 0.409. The molecule has 0 N–H and O–H groups in total. The van der Waals surface area contributed by atoms with Crippen molar-refractivity contribution in [2.75, 3.05) is 24.7 Å². The first kappa shape index (κ1) is 22.3. The molecule has 4 heterocycles. The van der Waals surface area contributed by atoms with Crippen molar-refractivity contribution in [2.45, 2.75) is 33.3 Å². The highest BCUT2D eigenvalue weighted by Crippen LogP contribution is 2.40. The van der Waals surface area contributed by atoms with E-state index < -0.39 is 30.2 Å². The Kier molecular flexibility index (Phi) is 5.56. The molecule has 0 radical (unpaired) electrons. The summed E-state index contributed by atoms with van der Waals surface area (Å²) >= 11 is 0. The van der Waals surface area contributed by atoms with Crippen LogP contribution in [0.15, 0.2) is 22.9 Å². The van der Waals surface area contributed by atoms with Crippen molar-refractivity contribution in [3.63, 3.8) is 0 Å². The predicted octanol–water partition coefficient (Wildman–Crippen LogP) is 3.16. The third-order valence-electron chi connectivity index (χ3n) is 5.11. The van der Waals surface area contributed by atoms with Crippen LogP contribution < -0.4 is 4.90 Å². The lowest BCUT2D eigenvalue weighted by Gasteiger charge is -2.26. The summed E-state index contributed by atoms with van der Waals surface area (Å²) in [4.78, 5) is 43.9. The van der Waals surface area contributed by atoms with Crippen LogP contribution in [0, 0.1) is 0 Å². The number of fused-ring (bicyclic) bond motifs is 3. The smallest absolute Gasteiger partial charge is 0.414 e. The summed E-state index contributed by atoms with van der Waals surface area (Å²) in [5, 5.41) is 4.83. The van der Waals surface area contributed by atoms with Crippen LogP contribution in [-0.2, 0) is 31.7 Å². The highest BCUT2D eigenvalue weighted by atomic mass is 16.6. The molecule has 0 saturated heterocycles. The number of ether oxygens (including phenoxy) is 3. The molecule has 1 aliphatic heterocycles. The number of hydrogen-bond acceptors (Lipinski definition) is 9. The van der Waals surface area contributed by atoms with Crippen LogP contribution >= 0.6 is 0 Å². The molecule has 1 amide bonds. The second kappa shape index (κ2) is 8.23. The highest BCUT2D eigenvalue weighted by molar-refractivity contribution is 6.10. The van der Waals surface area contributed by atoms with E-state index in [-0.39, 0.29) is 30.4 Å². The van der Waals surface area contributed by atoms with E-state index in [2.05, 4.69) is 10.1 Å². The van der Waals surface area contributed by atoms with Gasteiger partial charge in [0.05, 0.1) is 18.6 Å². The number of aromatic nitrogens is 3. The third kappa shape index (κ3) is 3.90. The van der Waals surface area contributed by atoms with Gasteiger partial charge in [-0.1, -0.05) is 0 Å². The Hall–Kier alpha value is -3.89. The molecular formula is C22H24N4O7. The normalized spacial score (nSPS) is 15.1. The highest BCUT2D eigenvalue weighted by Gasteiger charge is 2.37. The van der Waals surface area contributed by atoms with Crippen LogP contribution in [0.4, 0.5) is 10.5 Å². The van der Waals surface area contributed by atoms with Gasteiger partial charge in [-0.2, -0.15) is 5.10 Å². The van der Waals surface area contributed by atoms with E-state index in [9.17, 15) is 14.4 Å². The molecule has 0 saturated carbocycles. The number of hydrogen-bond donors (Lipinski definition) is 0. The number of furan rings is 1. The van der Waals surface area contributed by atoms with Crippen LogP contribution in [0.2, 0.25) is 0 Å². The number of cyclic esters (lactones) is 1. The minimum atomic E-state index is -1.12. The molecule has 3 aromatic heterocycles. The van der Waals surface area contributed by atoms with Crippen LogP contribution in [0.1, 0.15) is 43.9 Å². The van der Waals surface area contributed by atoms with Crippen molar-refractivity contribution in [2.24, 2.45) is 7.05 Å². The Balaban J connectivity index is 2.05. The van der Waals surface area contributed by atoms with Crippen LogP contribution in [0.25, 0.3) is 22.2 Å². The zero-order valence-electron chi connectivity index (χ0n) is 19.0. The number of carbonyl (C=O) groups is 3. The van der Waals surface area contributed by atoms with Gasteiger partial charge in [0.2, 0.25) is 11.5 Å². The zero-order chi connectivity index (χ0) is 23.9. The number of rotatable bonds is 3. The van der Waals surface area contributed by atoms with Crippen molar-refractivity contribution < 1.29 is 33.0 Å². The van der Waals surface area contributed by atoms with Gasteiger partial charge in [-0.3, -0.25) is 14.4 Å². The molecule has 0 aliphatic carbocycles. The summed E-state index contributed by atoms with van der Waals surface area (Å²) in [5.74, 6) is -1.79. The molecule has 11 nitrogen and oxygen atoms in total. The molecular weight excluding hydrogens is 432 g/mol. The molecule has 174 valence electrons. The average Bonchev–Trinajstić information content (AvgIpc) is 3.32. The molecule has 0 aromatic carbocycles. The van der Waals surface area contributed by atoms with Crippen molar-refractivity contribution >= 4 is 34.8 Å². The maximum atomic E-state index is 13.0. The first-order chi connectivity index (χ1) is 15.7. The Labute approximate surface area is 189 Å². The molecule has 0 spiro atoms. The topological polar surface area (TPSA) is 126 Å². The third-order valence-corrected chi connectivity index (χ3v) is 5.11. The number of carbonyl (C=O) groups excluding carboxylic acids is 3. The lowest BCUT2D eigenvalue weighted by atomic mass is 9.97. The minimum Gasteiger partial charge on any atom is -0.460 e. The van der Waals surface area contributed by atoms with E-state index in [0.29, 0.717) is 22.2 Å². The lowest BCUT2D eigenvalue weighted by Crippen LogP contribution is -2.40. The Morgan fingerprint density at radius 1 is 1.21 bits per heavy atom. The first-order valence-corrected chi connectivity index (χ1v) is 10.5. The van der Waals surface area contributed by atoms with Crippen molar-refractivity contribution in [1.82, 2.24) is 14.8 Å². The SMILES string of the molecule is CCOC(=O)c1oc2ncc3cc2c1N(C(=O)OCC)CC(=O)OC(C)(C)c1nn(C)cc1-3. The number of pyridine rings is 1. The van der Waals surface area contributed by atoms with E-state index >= 15 is 0 Å². The Morgan fingerprint density at radius 3 is 2.64 bits per heavy atom. The van der Waals surface area contributed by atoms with Gasteiger partial charge in [-0.15, -0.1) is 0 Å². The second-order valence-electron chi connectivity index (χ2n) is 7.91. The maximum absolute atomic E-state index is 13.0. The largest absolute Gasteiger partial charge is 0.460 e. The summed E-state index contributed by atoms with van der Waals surface area (Å²) in [6.07, 6.45) is 2.50. The number of nitrogens with zero attached hydrogens (tertiary/aromatic N) is 4. The summed E-state index contributed by atoms with van der Waals surface area (Å²) in [6, 6.07) is 1.72. The van der Waals surface area contributed by atoms with Crippen molar-refractivity contribution in [3.8, 4) is 11.1 Å². The van der Waals surface area contributed by atoms with Gasteiger partial charge in [-0.25, -0.2) is 14.6 Å². The number of anilines is 1. The van der Waals surface area contributed by atoms with E-state index in [4.69, 9.17) is 18.6 Å². The fourth-order valence-corrected chi connectivity index (χ4v) is 3.80. The van der Waals surface area contributed by atoms with E-state index in [1.807, 2.05) is 0 Å². The summed E-state index contributed by atoms with van der Waals surface area (Å²) in [5.41, 5.74) is 0.838. The molecule has 0 fully saturated rings.